The molecule has 30 heavy (non-hydrogen) atoms. The minimum absolute atomic E-state index is 0.0995. The van der Waals surface area contributed by atoms with E-state index in [1.54, 1.807) is 29.2 Å². The van der Waals surface area contributed by atoms with Crippen molar-refractivity contribution in [3.63, 3.8) is 0 Å². The number of aliphatic hydroxyl groups is 1. The van der Waals surface area contributed by atoms with Crippen LogP contribution in [0.25, 0.3) is 0 Å². The van der Waals surface area contributed by atoms with Crippen LogP contribution < -0.4 is 4.90 Å². The zero-order valence-corrected chi connectivity index (χ0v) is 16.1. The number of halogens is 2. The first kappa shape index (κ1) is 20.0. The summed E-state index contributed by atoms with van der Waals surface area (Å²) in [6, 6.07) is 17.8. The van der Waals surface area contributed by atoms with E-state index >= 15 is 0 Å². The molecule has 0 spiro atoms. The van der Waals surface area contributed by atoms with E-state index in [0.29, 0.717) is 30.6 Å². The number of carbonyl (C=O) groups excluding carboxylic acids is 1. The second kappa shape index (κ2) is 7.88. The highest BCUT2D eigenvalue weighted by Crippen LogP contribution is 2.44. The van der Waals surface area contributed by atoms with Crippen LogP contribution in [0.3, 0.4) is 0 Å². The maximum Gasteiger partial charge on any atom is 0.239 e. The summed E-state index contributed by atoms with van der Waals surface area (Å²) in [6.45, 7) is 0.373. The largest absolute Gasteiger partial charge is 0.508 e. The van der Waals surface area contributed by atoms with E-state index in [1.807, 2.05) is 0 Å². The molecule has 1 heterocycles. The Labute approximate surface area is 173 Å². The lowest BCUT2D eigenvalue weighted by atomic mass is 9.68. The molecule has 4 rings (SSSR count). The number of hydrogen-bond donors (Lipinski definition) is 2. The predicted molar refractivity (Wildman–Crippen MR) is 109 cm³/mol. The van der Waals surface area contributed by atoms with Crippen LogP contribution in [0.4, 0.5) is 14.5 Å². The molecule has 154 valence electrons. The molecule has 0 saturated carbocycles. The van der Waals surface area contributed by atoms with Crippen molar-refractivity contribution in [3.8, 4) is 5.75 Å². The van der Waals surface area contributed by atoms with Crippen LogP contribution in [0.1, 0.15) is 30.1 Å². The predicted octanol–water partition coefficient (Wildman–Crippen LogP) is 4.47. The van der Waals surface area contributed by atoms with E-state index in [4.69, 9.17) is 0 Å². The number of aliphatic hydroxyl groups excluding tert-OH is 1. The zero-order chi connectivity index (χ0) is 21.3. The molecule has 1 aliphatic rings. The van der Waals surface area contributed by atoms with Crippen molar-refractivity contribution in [2.45, 2.75) is 24.4 Å². The molecule has 0 radical (unpaired) electrons. The first-order chi connectivity index (χ1) is 14.4. The second-order valence-electron chi connectivity index (χ2n) is 7.60. The van der Waals surface area contributed by atoms with E-state index in [1.165, 1.54) is 48.5 Å². The van der Waals surface area contributed by atoms with Gasteiger partial charge in [0.05, 0.1) is 11.5 Å². The Morgan fingerprint density at radius 1 is 0.900 bits per heavy atom. The van der Waals surface area contributed by atoms with Gasteiger partial charge in [0, 0.05) is 12.2 Å². The van der Waals surface area contributed by atoms with Crippen LogP contribution in [-0.4, -0.2) is 22.7 Å². The van der Waals surface area contributed by atoms with Gasteiger partial charge >= 0.3 is 0 Å². The Morgan fingerprint density at radius 3 is 2.03 bits per heavy atom. The molecular formula is C24H21F2NO3. The number of β-lactam (4-membered cyclic amide) rings is 1. The molecule has 1 fully saturated rings. The molecule has 2 atom stereocenters. The average Bonchev–Trinajstić information content (AvgIpc) is 2.75. The van der Waals surface area contributed by atoms with Gasteiger partial charge in [-0.1, -0.05) is 24.3 Å². The third-order valence-corrected chi connectivity index (χ3v) is 5.74. The molecule has 0 aromatic heterocycles. The maximum absolute atomic E-state index is 13.3. The molecule has 1 aliphatic heterocycles. The molecule has 1 unspecified atom stereocenters. The highest BCUT2D eigenvalue weighted by molar-refractivity contribution is 6.08. The van der Waals surface area contributed by atoms with Crippen molar-refractivity contribution in [1.29, 1.82) is 0 Å². The Hall–Kier alpha value is -3.25. The van der Waals surface area contributed by atoms with Gasteiger partial charge in [0.1, 0.15) is 17.4 Å². The fourth-order valence-electron chi connectivity index (χ4n) is 3.97. The van der Waals surface area contributed by atoms with Gasteiger partial charge < -0.3 is 15.1 Å². The molecule has 0 bridgehead atoms. The Kier molecular flexibility index (Phi) is 5.26. The zero-order valence-electron chi connectivity index (χ0n) is 16.1. The molecule has 2 N–H and O–H groups in total. The van der Waals surface area contributed by atoms with Crippen LogP contribution >= 0.6 is 0 Å². The number of hydrogen-bond acceptors (Lipinski definition) is 3. The van der Waals surface area contributed by atoms with Gasteiger partial charge in [-0.05, 0) is 72.5 Å². The molecule has 3 aromatic carbocycles. The molecule has 4 nitrogen and oxygen atoms in total. The van der Waals surface area contributed by atoms with Crippen molar-refractivity contribution >= 4 is 11.6 Å². The van der Waals surface area contributed by atoms with Gasteiger partial charge in [-0.25, -0.2) is 8.78 Å². The Morgan fingerprint density at radius 2 is 1.47 bits per heavy atom. The van der Waals surface area contributed by atoms with Crippen LogP contribution in [0.2, 0.25) is 0 Å². The van der Waals surface area contributed by atoms with Gasteiger partial charge in [0.2, 0.25) is 5.91 Å². The molecular weight excluding hydrogens is 388 g/mol. The summed E-state index contributed by atoms with van der Waals surface area (Å²) < 4.78 is 26.4. The van der Waals surface area contributed by atoms with Gasteiger partial charge in [-0.3, -0.25) is 4.79 Å². The second-order valence-corrected chi connectivity index (χ2v) is 7.60. The fraction of sp³-hybridized carbons (Fsp3) is 0.208. The van der Waals surface area contributed by atoms with Crippen LogP contribution in [0, 0.1) is 11.6 Å². The molecule has 6 heteroatoms. The molecule has 0 aliphatic carbocycles. The minimum atomic E-state index is -0.858. The normalized spacial score (nSPS) is 19.4. The summed E-state index contributed by atoms with van der Waals surface area (Å²) in [4.78, 5) is 14.9. The molecule has 3 aromatic rings. The topological polar surface area (TPSA) is 60.8 Å². The molecule has 1 amide bonds. The van der Waals surface area contributed by atoms with Crippen molar-refractivity contribution in [1.82, 2.24) is 0 Å². The summed E-state index contributed by atoms with van der Waals surface area (Å²) in [5.41, 5.74) is 1.08. The summed E-state index contributed by atoms with van der Waals surface area (Å²) in [6.07, 6.45) is -0.171. The van der Waals surface area contributed by atoms with Crippen LogP contribution in [-0.2, 0) is 10.2 Å². The van der Waals surface area contributed by atoms with E-state index in [0.717, 1.165) is 5.56 Å². The summed E-state index contributed by atoms with van der Waals surface area (Å²) in [5.74, 6) is -0.803. The van der Waals surface area contributed by atoms with Crippen molar-refractivity contribution < 1.29 is 23.8 Å². The SMILES string of the molecule is O=C1N(c2ccc(F)cc2)C[C@]1(CCC(O)c1ccc(F)cc1)c1ccc(O)cc1. The number of phenols is 1. The van der Waals surface area contributed by atoms with Crippen molar-refractivity contribution in [3.05, 3.63) is 95.6 Å². The lowest BCUT2D eigenvalue weighted by molar-refractivity contribution is -0.130. The van der Waals surface area contributed by atoms with Crippen molar-refractivity contribution in [2.24, 2.45) is 0 Å². The van der Waals surface area contributed by atoms with Crippen LogP contribution in [0.5, 0.6) is 5.75 Å². The number of nitrogens with zero attached hydrogens (tertiary/aromatic N) is 1. The maximum atomic E-state index is 13.3. The molecule has 1 saturated heterocycles. The third-order valence-electron chi connectivity index (χ3n) is 5.74. The van der Waals surface area contributed by atoms with Gasteiger partial charge in [0.15, 0.2) is 0 Å². The average molecular weight is 409 g/mol. The van der Waals surface area contributed by atoms with Gasteiger partial charge in [-0.2, -0.15) is 0 Å². The lowest BCUT2D eigenvalue weighted by Crippen LogP contribution is -2.64. The van der Waals surface area contributed by atoms with E-state index in [-0.39, 0.29) is 23.3 Å². The number of phenolic OH excluding ortho intramolecular Hbond substituents is 1. The smallest absolute Gasteiger partial charge is 0.239 e. The summed E-state index contributed by atoms with van der Waals surface area (Å²) >= 11 is 0. The first-order valence-electron chi connectivity index (χ1n) is 9.70. The summed E-state index contributed by atoms with van der Waals surface area (Å²) in [5, 5.41) is 20.2. The van der Waals surface area contributed by atoms with E-state index in [9.17, 15) is 23.8 Å². The standard InChI is InChI=1S/C24H21F2NO3/c25-18-5-1-16(2-6-18)22(29)13-14-24(17-3-11-21(28)12-4-17)15-27(23(24)30)20-9-7-19(26)8-10-20/h1-12,22,28-29H,13-15H2/t22?,24-/m1/s1. The fourth-order valence-corrected chi connectivity index (χ4v) is 3.97. The highest BCUT2D eigenvalue weighted by atomic mass is 19.1. The number of benzene rings is 3. The third kappa shape index (κ3) is 3.66. The summed E-state index contributed by atoms with van der Waals surface area (Å²) in [7, 11) is 0. The highest BCUT2D eigenvalue weighted by Gasteiger charge is 2.53. The van der Waals surface area contributed by atoms with Gasteiger partial charge in [-0.15, -0.1) is 0 Å². The first-order valence-corrected chi connectivity index (χ1v) is 9.70. The number of anilines is 1. The number of carbonyl (C=O) groups is 1. The number of aromatic hydroxyl groups is 1. The van der Waals surface area contributed by atoms with E-state index < -0.39 is 11.5 Å². The lowest BCUT2D eigenvalue weighted by Gasteiger charge is -2.49. The van der Waals surface area contributed by atoms with Crippen LogP contribution in [0.15, 0.2) is 72.8 Å². The quantitative estimate of drug-likeness (QED) is 0.591. The number of rotatable bonds is 6. The monoisotopic (exact) mass is 409 g/mol. The number of amides is 1. The minimum Gasteiger partial charge on any atom is -0.508 e. The van der Waals surface area contributed by atoms with E-state index in [2.05, 4.69) is 0 Å². The van der Waals surface area contributed by atoms with Crippen molar-refractivity contribution in [2.75, 3.05) is 11.4 Å². The Balaban J connectivity index is 1.57. The Bertz CT molecular complexity index is 1040. The van der Waals surface area contributed by atoms with Gasteiger partial charge in [0.25, 0.3) is 0 Å².